The van der Waals surface area contributed by atoms with Crippen LogP contribution in [0.2, 0.25) is 0 Å². The Labute approximate surface area is 110 Å². The zero-order valence-electron chi connectivity index (χ0n) is 11.1. The van der Waals surface area contributed by atoms with Crippen molar-refractivity contribution in [1.82, 2.24) is 9.78 Å². The van der Waals surface area contributed by atoms with Gasteiger partial charge in [-0.05, 0) is 18.6 Å². The van der Waals surface area contributed by atoms with Crippen LogP contribution in [0.1, 0.15) is 39.5 Å². The van der Waals surface area contributed by atoms with Gasteiger partial charge in [-0.25, -0.2) is 0 Å². The van der Waals surface area contributed by atoms with Gasteiger partial charge in [0, 0.05) is 12.5 Å². The summed E-state index contributed by atoms with van der Waals surface area (Å²) in [5, 5.41) is 4.11. The molecule has 0 fully saturated rings. The first-order chi connectivity index (χ1) is 8.15. The lowest BCUT2D eigenvalue weighted by Gasteiger charge is -2.31. The number of nitrogens with zero attached hydrogens (tertiary/aromatic N) is 2. The average Bonchev–Trinajstić information content (AvgIpc) is 2.73. The highest BCUT2D eigenvalue weighted by Crippen LogP contribution is 2.32. The molecule has 0 spiro atoms. The number of hydrogen-bond acceptors (Lipinski definition) is 3. The van der Waals surface area contributed by atoms with Crippen LogP contribution >= 0.6 is 12.6 Å². The van der Waals surface area contributed by atoms with Crippen LogP contribution in [0.4, 0.5) is 0 Å². The Morgan fingerprint density at radius 1 is 1.35 bits per heavy atom. The zero-order valence-corrected chi connectivity index (χ0v) is 12.0. The molecule has 0 aliphatic rings. The molecule has 1 aromatic rings. The molecule has 0 radical (unpaired) electrons. The first-order valence-electron chi connectivity index (χ1n) is 6.38. The topological polar surface area (TPSA) is 27.1 Å². The van der Waals surface area contributed by atoms with E-state index in [1.165, 1.54) is 25.7 Å². The van der Waals surface area contributed by atoms with E-state index in [9.17, 15) is 0 Å². The predicted molar refractivity (Wildman–Crippen MR) is 74.8 cm³/mol. The van der Waals surface area contributed by atoms with Gasteiger partial charge in [-0.1, -0.05) is 26.7 Å². The van der Waals surface area contributed by atoms with Crippen LogP contribution in [-0.2, 0) is 7.05 Å². The molecule has 0 saturated carbocycles. The Hall–Kier alpha value is -0.640. The van der Waals surface area contributed by atoms with Gasteiger partial charge < -0.3 is 4.74 Å². The van der Waals surface area contributed by atoms with E-state index in [-0.39, 0.29) is 5.41 Å². The Morgan fingerprint density at radius 2 is 2.00 bits per heavy atom. The van der Waals surface area contributed by atoms with Gasteiger partial charge in [-0.3, -0.25) is 4.68 Å². The van der Waals surface area contributed by atoms with Crippen LogP contribution in [0.25, 0.3) is 0 Å². The highest BCUT2D eigenvalue weighted by atomic mass is 32.1. The molecule has 0 bridgehead atoms. The summed E-state index contributed by atoms with van der Waals surface area (Å²) >= 11 is 4.52. The largest absolute Gasteiger partial charge is 0.490 e. The fraction of sp³-hybridized carbons (Fsp3) is 0.769. The molecule has 17 heavy (non-hydrogen) atoms. The quantitative estimate of drug-likeness (QED) is 0.722. The van der Waals surface area contributed by atoms with Gasteiger partial charge in [0.2, 0.25) is 0 Å². The van der Waals surface area contributed by atoms with Gasteiger partial charge in [0.1, 0.15) is 0 Å². The second-order valence-corrected chi connectivity index (χ2v) is 5.11. The zero-order chi connectivity index (χ0) is 12.7. The molecule has 98 valence electrons. The summed E-state index contributed by atoms with van der Waals surface area (Å²) < 4.78 is 7.62. The third kappa shape index (κ3) is 4.26. The van der Waals surface area contributed by atoms with Crippen molar-refractivity contribution >= 4 is 12.6 Å². The number of aromatic nitrogens is 2. The van der Waals surface area contributed by atoms with E-state index in [1.54, 1.807) is 10.9 Å². The summed E-state index contributed by atoms with van der Waals surface area (Å²) in [6, 6.07) is 0. The van der Waals surface area contributed by atoms with Crippen LogP contribution in [0.3, 0.4) is 0 Å². The first-order valence-corrected chi connectivity index (χ1v) is 7.01. The van der Waals surface area contributed by atoms with Crippen molar-refractivity contribution in [1.29, 1.82) is 0 Å². The maximum Gasteiger partial charge on any atom is 0.157 e. The van der Waals surface area contributed by atoms with Gasteiger partial charge >= 0.3 is 0 Å². The molecule has 0 aliphatic carbocycles. The highest BCUT2D eigenvalue weighted by Gasteiger charge is 2.28. The Bertz CT molecular complexity index is 319. The van der Waals surface area contributed by atoms with E-state index in [0.717, 1.165) is 18.1 Å². The summed E-state index contributed by atoms with van der Waals surface area (Å²) in [7, 11) is 1.90. The van der Waals surface area contributed by atoms with Crippen molar-refractivity contribution in [2.45, 2.75) is 39.5 Å². The smallest absolute Gasteiger partial charge is 0.157 e. The van der Waals surface area contributed by atoms with Crippen molar-refractivity contribution in [3.05, 3.63) is 12.4 Å². The standard InChI is InChI=1S/C13H24N2OS/c1-4-6-13(11-17,7-5-2)10-16-12-8-14-15(3)9-12/h8-9,17H,4-7,10-11H2,1-3H3. The number of rotatable bonds is 8. The second-order valence-electron chi connectivity index (χ2n) is 4.80. The summed E-state index contributed by atoms with van der Waals surface area (Å²) in [6.45, 7) is 5.18. The molecule has 1 aromatic heterocycles. The summed E-state index contributed by atoms with van der Waals surface area (Å²) in [5.74, 6) is 1.74. The lowest BCUT2D eigenvalue weighted by atomic mass is 9.82. The fourth-order valence-electron chi connectivity index (χ4n) is 2.24. The van der Waals surface area contributed by atoms with Crippen molar-refractivity contribution in [3.63, 3.8) is 0 Å². The highest BCUT2D eigenvalue weighted by molar-refractivity contribution is 7.80. The molecule has 0 amide bonds. The fourth-order valence-corrected chi connectivity index (χ4v) is 2.65. The number of hydrogen-bond donors (Lipinski definition) is 1. The molecule has 0 aromatic carbocycles. The molecule has 0 N–H and O–H groups in total. The molecule has 1 heterocycles. The van der Waals surface area contributed by atoms with E-state index in [0.29, 0.717) is 0 Å². The molecule has 4 heteroatoms. The van der Waals surface area contributed by atoms with Gasteiger partial charge in [0.25, 0.3) is 0 Å². The second kappa shape index (κ2) is 6.94. The Balaban J connectivity index is 2.59. The molecule has 0 aliphatic heterocycles. The first kappa shape index (κ1) is 14.4. The minimum atomic E-state index is 0.211. The maximum absolute atomic E-state index is 5.86. The third-order valence-corrected chi connectivity index (χ3v) is 3.79. The van der Waals surface area contributed by atoms with Crippen LogP contribution in [0, 0.1) is 5.41 Å². The van der Waals surface area contributed by atoms with E-state index in [1.807, 2.05) is 13.2 Å². The normalized spacial score (nSPS) is 11.8. The number of ether oxygens (including phenoxy) is 1. The van der Waals surface area contributed by atoms with Crippen molar-refractivity contribution in [2.24, 2.45) is 12.5 Å². The van der Waals surface area contributed by atoms with E-state index in [4.69, 9.17) is 4.74 Å². The SMILES string of the molecule is CCCC(CS)(CCC)COc1cnn(C)c1. The molecular weight excluding hydrogens is 232 g/mol. The van der Waals surface area contributed by atoms with Gasteiger partial charge in [0.05, 0.1) is 19.0 Å². The van der Waals surface area contributed by atoms with Crippen LogP contribution < -0.4 is 4.74 Å². The molecule has 0 saturated heterocycles. The molecule has 1 rings (SSSR count). The third-order valence-electron chi connectivity index (χ3n) is 3.12. The molecule has 0 atom stereocenters. The minimum absolute atomic E-state index is 0.211. The Morgan fingerprint density at radius 3 is 2.41 bits per heavy atom. The van der Waals surface area contributed by atoms with Gasteiger partial charge in [0.15, 0.2) is 5.75 Å². The minimum Gasteiger partial charge on any atom is -0.490 e. The lowest BCUT2D eigenvalue weighted by Crippen LogP contribution is -2.30. The van der Waals surface area contributed by atoms with E-state index < -0.39 is 0 Å². The number of aryl methyl sites for hydroxylation is 1. The summed E-state index contributed by atoms with van der Waals surface area (Å²) in [4.78, 5) is 0. The molecule has 0 unspecified atom stereocenters. The van der Waals surface area contributed by atoms with E-state index >= 15 is 0 Å². The van der Waals surface area contributed by atoms with Crippen molar-refractivity contribution in [2.75, 3.05) is 12.4 Å². The van der Waals surface area contributed by atoms with Gasteiger partial charge in [-0.2, -0.15) is 17.7 Å². The maximum atomic E-state index is 5.86. The summed E-state index contributed by atoms with van der Waals surface area (Å²) in [5.41, 5.74) is 0.211. The average molecular weight is 256 g/mol. The van der Waals surface area contributed by atoms with E-state index in [2.05, 4.69) is 31.6 Å². The predicted octanol–water partition coefficient (Wildman–Crippen LogP) is 3.32. The molecule has 3 nitrogen and oxygen atoms in total. The molecular formula is C13H24N2OS. The van der Waals surface area contributed by atoms with Crippen molar-refractivity contribution < 1.29 is 4.74 Å². The van der Waals surface area contributed by atoms with Crippen molar-refractivity contribution in [3.8, 4) is 5.75 Å². The monoisotopic (exact) mass is 256 g/mol. The van der Waals surface area contributed by atoms with Crippen LogP contribution in [0.15, 0.2) is 12.4 Å². The van der Waals surface area contributed by atoms with Gasteiger partial charge in [-0.15, -0.1) is 0 Å². The lowest BCUT2D eigenvalue weighted by molar-refractivity contribution is 0.143. The summed E-state index contributed by atoms with van der Waals surface area (Å²) in [6.07, 6.45) is 8.37. The van der Waals surface area contributed by atoms with Crippen LogP contribution in [0.5, 0.6) is 5.75 Å². The Kier molecular flexibility index (Phi) is 5.89. The number of thiol groups is 1. The van der Waals surface area contributed by atoms with Crippen LogP contribution in [-0.4, -0.2) is 22.1 Å².